The average molecular weight is 453 g/mol. The smallest absolute Gasteiger partial charge is 0.325 e. The van der Waals surface area contributed by atoms with E-state index in [1.165, 1.54) is 18.2 Å². The highest BCUT2D eigenvalue weighted by molar-refractivity contribution is 7.89. The number of rotatable bonds is 9. The topological polar surface area (TPSA) is 168 Å². The van der Waals surface area contributed by atoms with Crippen LogP contribution in [0.5, 0.6) is 0 Å². The third-order valence-corrected chi connectivity index (χ3v) is 6.80. The predicted molar refractivity (Wildman–Crippen MR) is 107 cm³/mol. The van der Waals surface area contributed by atoms with Gasteiger partial charge in [0.1, 0.15) is 5.54 Å². The van der Waals surface area contributed by atoms with Gasteiger partial charge in [-0.2, -0.15) is 0 Å². The minimum absolute atomic E-state index is 0.0307. The number of non-ortho nitro benzene ring substituents is 1. The summed E-state index contributed by atoms with van der Waals surface area (Å²) in [6, 6.07) is 4.11. The van der Waals surface area contributed by atoms with E-state index in [0.717, 1.165) is 23.8 Å². The maximum Gasteiger partial charge on any atom is 0.325 e. The number of amides is 4. The van der Waals surface area contributed by atoms with Gasteiger partial charge < -0.3 is 10.6 Å². The minimum atomic E-state index is -3.98. The average Bonchev–Trinajstić information content (AvgIpc) is 3.29. The Labute approximate surface area is 178 Å². The first kappa shape index (κ1) is 22.6. The van der Waals surface area contributed by atoms with E-state index in [-0.39, 0.29) is 42.5 Å². The first-order valence-corrected chi connectivity index (χ1v) is 11.3. The number of nitrogens with one attached hydrogen (secondary N) is 3. The van der Waals surface area contributed by atoms with E-state index >= 15 is 0 Å². The molecule has 1 saturated heterocycles. The Bertz CT molecular complexity index is 1000. The molecule has 4 amide bonds. The first-order valence-electron chi connectivity index (χ1n) is 9.80. The van der Waals surface area contributed by atoms with Crippen molar-refractivity contribution in [2.24, 2.45) is 0 Å². The fourth-order valence-corrected chi connectivity index (χ4v) is 4.80. The molecule has 13 heteroatoms. The van der Waals surface area contributed by atoms with Crippen LogP contribution in [0.15, 0.2) is 29.2 Å². The number of nitro benzene ring substituents is 1. The number of hydrogen-bond acceptors (Lipinski definition) is 7. The van der Waals surface area contributed by atoms with Crippen molar-refractivity contribution in [3.8, 4) is 0 Å². The van der Waals surface area contributed by atoms with Crippen LogP contribution in [0.1, 0.15) is 32.1 Å². The summed E-state index contributed by atoms with van der Waals surface area (Å²) in [7, 11) is -3.98. The Balaban J connectivity index is 1.42. The standard InChI is InChI=1S/C18H23N5O7S/c24-15(6-11-22-16(25)18(21-17(22)26)7-1-2-8-18)19-9-10-20-31(29,30)14-5-3-4-13(12-14)23(27)28/h3-5,12,20H,1-2,6-11H2,(H,19,24)(H,21,26). The molecule has 0 aromatic heterocycles. The van der Waals surface area contributed by atoms with Crippen LogP contribution in [0.2, 0.25) is 0 Å². The van der Waals surface area contributed by atoms with Crippen molar-refractivity contribution in [1.82, 2.24) is 20.3 Å². The molecule has 1 spiro atoms. The summed E-state index contributed by atoms with van der Waals surface area (Å²) in [4.78, 5) is 47.5. The van der Waals surface area contributed by atoms with Gasteiger partial charge in [-0.05, 0) is 18.9 Å². The summed E-state index contributed by atoms with van der Waals surface area (Å²) in [5.41, 5.74) is -1.17. The second kappa shape index (κ2) is 8.98. The zero-order valence-electron chi connectivity index (χ0n) is 16.6. The molecule has 0 unspecified atom stereocenters. The lowest BCUT2D eigenvalue weighted by molar-refractivity contribution is -0.385. The number of carbonyl (C=O) groups is 3. The van der Waals surface area contributed by atoms with Crippen LogP contribution in [0.4, 0.5) is 10.5 Å². The summed E-state index contributed by atoms with van der Waals surface area (Å²) >= 11 is 0. The van der Waals surface area contributed by atoms with Crippen LogP contribution in [-0.2, 0) is 19.6 Å². The van der Waals surface area contributed by atoms with E-state index in [1.54, 1.807) is 0 Å². The molecule has 1 aromatic rings. The van der Waals surface area contributed by atoms with Gasteiger partial charge in [0.15, 0.2) is 0 Å². The van der Waals surface area contributed by atoms with Gasteiger partial charge in [-0.3, -0.25) is 24.6 Å². The van der Waals surface area contributed by atoms with Gasteiger partial charge in [0.2, 0.25) is 15.9 Å². The van der Waals surface area contributed by atoms with Crippen molar-refractivity contribution < 1.29 is 27.7 Å². The lowest BCUT2D eigenvalue weighted by Crippen LogP contribution is -2.44. The summed E-state index contributed by atoms with van der Waals surface area (Å²) < 4.78 is 26.7. The van der Waals surface area contributed by atoms with Gasteiger partial charge in [0.05, 0.1) is 9.82 Å². The maximum absolute atomic E-state index is 12.5. The summed E-state index contributed by atoms with van der Waals surface area (Å²) in [6.45, 7) is -0.224. The molecule has 1 heterocycles. The molecular formula is C18H23N5O7S. The fraction of sp³-hybridized carbons (Fsp3) is 0.500. The third-order valence-electron chi connectivity index (χ3n) is 5.34. The van der Waals surface area contributed by atoms with E-state index in [4.69, 9.17) is 0 Å². The van der Waals surface area contributed by atoms with Crippen molar-refractivity contribution in [2.45, 2.75) is 42.5 Å². The minimum Gasteiger partial charge on any atom is -0.355 e. The molecule has 0 atom stereocenters. The lowest BCUT2D eigenvalue weighted by Gasteiger charge is -2.19. The van der Waals surface area contributed by atoms with E-state index in [9.17, 15) is 32.9 Å². The SMILES string of the molecule is O=C(CCN1C(=O)NC2(CCCC2)C1=O)NCCNS(=O)(=O)c1cccc([N+](=O)[O-])c1. The maximum atomic E-state index is 12.5. The lowest BCUT2D eigenvalue weighted by atomic mass is 9.98. The van der Waals surface area contributed by atoms with Crippen LogP contribution in [0.25, 0.3) is 0 Å². The second-order valence-corrected chi connectivity index (χ2v) is 9.20. The molecular weight excluding hydrogens is 430 g/mol. The summed E-state index contributed by atoms with van der Waals surface area (Å²) in [5, 5.41) is 16.0. The van der Waals surface area contributed by atoms with Crippen molar-refractivity contribution in [2.75, 3.05) is 19.6 Å². The van der Waals surface area contributed by atoms with Crippen molar-refractivity contribution in [3.05, 3.63) is 34.4 Å². The van der Waals surface area contributed by atoms with Crippen LogP contribution in [0, 0.1) is 10.1 Å². The molecule has 2 aliphatic rings. The monoisotopic (exact) mass is 453 g/mol. The Kier molecular flexibility index (Phi) is 6.55. The highest BCUT2D eigenvalue weighted by Crippen LogP contribution is 2.35. The molecule has 1 saturated carbocycles. The number of carbonyl (C=O) groups excluding carboxylic acids is 3. The van der Waals surface area contributed by atoms with Gasteiger partial charge in [-0.25, -0.2) is 17.9 Å². The highest BCUT2D eigenvalue weighted by atomic mass is 32.2. The summed E-state index contributed by atoms with van der Waals surface area (Å²) in [5.74, 6) is -0.741. The van der Waals surface area contributed by atoms with Gasteiger partial charge in [0.25, 0.3) is 11.6 Å². The zero-order chi connectivity index (χ0) is 22.6. The fourth-order valence-electron chi connectivity index (χ4n) is 3.73. The van der Waals surface area contributed by atoms with E-state index in [0.29, 0.717) is 12.8 Å². The van der Waals surface area contributed by atoms with Crippen molar-refractivity contribution in [3.63, 3.8) is 0 Å². The molecule has 3 rings (SSSR count). The van der Waals surface area contributed by atoms with Gasteiger partial charge in [0, 0.05) is 38.2 Å². The number of nitrogens with zero attached hydrogens (tertiary/aromatic N) is 2. The largest absolute Gasteiger partial charge is 0.355 e. The van der Waals surface area contributed by atoms with Gasteiger partial charge in [-0.1, -0.05) is 18.9 Å². The number of imide groups is 1. The second-order valence-electron chi connectivity index (χ2n) is 7.43. The molecule has 168 valence electrons. The molecule has 1 aromatic carbocycles. The number of sulfonamides is 1. The van der Waals surface area contributed by atoms with Crippen LogP contribution in [0.3, 0.4) is 0 Å². The number of nitro groups is 1. The van der Waals surface area contributed by atoms with Gasteiger partial charge in [-0.15, -0.1) is 0 Å². The van der Waals surface area contributed by atoms with Crippen LogP contribution < -0.4 is 15.4 Å². The zero-order valence-corrected chi connectivity index (χ0v) is 17.4. The van der Waals surface area contributed by atoms with E-state index in [1.807, 2.05) is 0 Å². The van der Waals surface area contributed by atoms with Crippen LogP contribution in [-0.4, -0.2) is 61.3 Å². The molecule has 0 bridgehead atoms. The van der Waals surface area contributed by atoms with E-state index in [2.05, 4.69) is 15.4 Å². The number of urea groups is 1. The molecule has 0 radical (unpaired) electrons. The molecule has 12 nitrogen and oxygen atoms in total. The van der Waals surface area contributed by atoms with Gasteiger partial charge >= 0.3 is 6.03 Å². The normalized spacial score (nSPS) is 17.7. The van der Waals surface area contributed by atoms with Crippen molar-refractivity contribution >= 4 is 33.6 Å². The predicted octanol–water partition coefficient (Wildman–Crippen LogP) is 0.244. The number of benzene rings is 1. The Morgan fingerprint density at radius 3 is 2.61 bits per heavy atom. The molecule has 1 aliphatic heterocycles. The first-order chi connectivity index (χ1) is 14.6. The Morgan fingerprint density at radius 2 is 1.94 bits per heavy atom. The molecule has 1 aliphatic carbocycles. The van der Waals surface area contributed by atoms with E-state index < -0.39 is 32.4 Å². The number of hydrogen-bond donors (Lipinski definition) is 3. The summed E-state index contributed by atoms with van der Waals surface area (Å²) in [6.07, 6.45) is 2.84. The third kappa shape index (κ3) is 4.99. The van der Waals surface area contributed by atoms with Crippen molar-refractivity contribution in [1.29, 1.82) is 0 Å². The highest BCUT2D eigenvalue weighted by Gasteiger charge is 2.52. The molecule has 31 heavy (non-hydrogen) atoms. The molecule has 2 fully saturated rings. The quantitative estimate of drug-likeness (QED) is 0.208. The molecule has 3 N–H and O–H groups in total. The Morgan fingerprint density at radius 1 is 1.23 bits per heavy atom. The van der Waals surface area contributed by atoms with Crippen LogP contribution >= 0.6 is 0 Å². The Hall–Kier alpha value is -3.06.